The molecule has 0 atom stereocenters. The van der Waals surface area contributed by atoms with E-state index in [1.165, 1.54) is 6.07 Å². The number of aromatic amines is 1. The van der Waals surface area contributed by atoms with E-state index in [0.29, 0.717) is 12.2 Å². The van der Waals surface area contributed by atoms with Gasteiger partial charge in [0, 0.05) is 18.3 Å². The number of hydrogen-bond acceptors (Lipinski definition) is 4. The summed E-state index contributed by atoms with van der Waals surface area (Å²) >= 11 is 0. The number of ether oxygens (including phenoxy) is 1. The van der Waals surface area contributed by atoms with Gasteiger partial charge in [0.2, 0.25) is 5.75 Å². The first-order valence-corrected chi connectivity index (χ1v) is 5.43. The Morgan fingerprint density at radius 3 is 2.88 bits per heavy atom. The molecule has 1 amide bonds. The zero-order valence-corrected chi connectivity index (χ0v) is 9.87. The minimum atomic E-state index is -0.747. The molecule has 0 unspecified atom stereocenters. The summed E-state index contributed by atoms with van der Waals surface area (Å²) in [6, 6.07) is 1.32. The van der Waals surface area contributed by atoms with E-state index in [4.69, 9.17) is 4.74 Å². The van der Waals surface area contributed by atoms with E-state index < -0.39 is 11.7 Å². The van der Waals surface area contributed by atoms with Gasteiger partial charge < -0.3 is 20.1 Å². The standard InChI is InChI=1S/C11H16N2O4/c1-3-4-5-12-11(16)17-9-8(14)6-7(2)13-10(9)15/h6H,3-5H2,1-2H3,(H,12,16)(H2,13,14,15). The summed E-state index contributed by atoms with van der Waals surface area (Å²) in [5, 5.41) is 11.9. The lowest BCUT2D eigenvalue weighted by Crippen LogP contribution is -2.29. The fourth-order valence-electron chi connectivity index (χ4n) is 1.25. The molecule has 0 aliphatic heterocycles. The Morgan fingerprint density at radius 1 is 1.59 bits per heavy atom. The third-order valence-electron chi connectivity index (χ3n) is 2.10. The van der Waals surface area contributed by atoms with Crippen LogP contribution in [0.15, 0.2) is 10.9 Å². The average Bonchev–Trinajstić information content (AvgIpc) is 2.24. The maximum Gasteiger partial charge on any atom is 0.412 e. The van der Waals surface area contributed by atoms with Crippen molar-refractivity contribution in [1.82, 2.24) is 10.3 Å². The Morgan fingerprint density at radius 2 is 2.29 bits per heavy atom. The molecule has 0 bridgehead atoms. The highest BCUT2D eigenvalue weighted by Crippen LogP contribution is 2.20. The summed E-state index contributed by atoms with van der Waals surface area (Å²) in [7, 11) is 0. The van der Waals surface area contributed by atoms with Crippen LogP contribution in [-0.2, 0) is 0 Å². The van der Waals surface area contributed by atoms with E-state index in [9.17, 15) is 14.7 Å². The molecular formula is C11H16N2O4. The number of amides is 1. The summed E-state index contributed by atoms with van der Waals surface area (Å²) in [6.07, 6.45) is 1.02. The summed E-state index contributed by atoms with van der Waals surface area (Å²) in [5.41, 5.74) is -0.139. The number of aromatic hydroxyl groups is 1. The van der Waals surface area contributed by atoms with Crippen molar-refractivity contribution in [3.63, 3.8) is 0 Å². The summed E-state index contributed by atoms with van der Waals surface area (Å²) in [5.74, 6) is -0.735. The molecular weight excluding hydrogens is 224 g/mol. The number of carbonyl (C=O) groups excluding carboxylic acids is 1. The average molecular weight is 240 g/mol. The molecule has 3 N–H and O–H groups in total. The first-order valence-electron chi connectivity index (χ1n) is 5.43. The van der Waals surface area contributed by atoms with Crippen molar-refractivity contribution in [2.24, 2.45) is 0 Å². The number of aromatic nitrogens is 1. The summed E-state index contributed by atoms with van der Waals surface area (Å²) < 4.78 is 4.73. The maximum atomic E-state index is 11.4. The highest BCUT2D eigenvalue weighted by Gasteiger charge is 2.13. The van der Waals surface area contributed by atoms with Gasteiger partial charge in [0.25, 0.3) is 5.56 Å². The van der Waals surface area contributed by atoms with Crippen molar-refractivity contribution in [3.05, 3.63) is 22.1 Å². The second-order valence-electron chi connectivity index (χ2n) is 3.67. The van der Waals surface area contributed by atoms with Crippen LogP contribution in [0.4, 0.5) is 4.79 Å². The van der Waals surface area contributed by atoms with Crippen LogP contribution in [-0.4, -0.2) is 22.7 Å². The van der Waals surface area contributed by atoms with Gasteiger partial charge in [-0.05, 0) is 13.3 Å². The van der Waals surface area contributed by atoms with Gasteiger partial charge in [-0.1, -0.05) is 13.3 Å². The number of unbranched alkanes of at least 4 members (excludes halogenated alkanes) is 1. The monoisotopic (exact) mass is 240 g/mol. The van der Waals surface area contributed by atoms with Crippen molar-refractivity contribution in [2.45, 2.75) is 26.7 Å². The van der Waals surface area contributed by atoms with Crippen LogP contribution in [0.5, 0.6) is 11.5 Å². The molecule has 6 nitrogen and oxygen atoms in total. The van der Waals surface area contributed by atoms with Crippen LogP contribution in [0.3, 0.4) is 0 Å². The van der Waals surface area contributed by atoms with Crippen LogP contribution >= 0.6 is 0 Å². The van der Waals surface area contributed by atoms with Crippen LogP contribution in [0.2, 0.25) is 0 Å². The molecule has 1 aromatic heterocycles. The van der Waals surface area contributed by atoms with Crippen molar-refractivity contribution in [1.29, 1.82) is 0 Å². The van der Waals surface area contributed by atoms with Gasteiger partial charge in [0.05, 0.1) is 0 Å². The molecule has 6 heteroatoms. The van der Waals surface area contributed by atoms with Crippen LogP contribution in [0.25, 0.3) is 0 Å². The molecule has 94 valence electrons. The Labute approximate surface area is 98.6 Å². The summed E-state index contributed by atoms with van der Waals surface area (Å²) in [4.78, 5) is 25.1. The van der Waals surface area contributed by atoms with Crippen molar-refractivity contribution in [3.8, 4) is 11.5 Å². The number of nitrogens with one attached hydrogen (secondary N) is 2. The number of rotatable bonds is 4. The first kappa shape index (κ1) is 13.1. The van der Waals surface area contributed by atoms with E-state index in [2.05, 4.69) is 10.3 Å². The molecule has 0 aromatic carbocycles. The predicted octanol–water partition coefficient (Wildman–Crippen LogP) is 1.28. The number of pyridine rings is 1. The van der Waals surface area contributed by atoms with Gasteiger partial charge in [0.1, 0.15) is 0 Å². The van der Waals surface area contributed by atoms with E-state index in [0.717, 1.165) is 12.8 Å². The highest BCUT2D eigenvalue weighted by atomic mass is 16.6. The van der Waals surface area contributed by atoms with Gasteiger partial charge in [-0.25, -0.2) is 4.79 Å². The lowest BCUT2D eigenvalue weighted by atomic mass is 10.3. The lowest BCUT2D eigenvalue weighted by Gasteiger charge is -2.07. The van der Waals surface area contributed by atoms with E-state index in [-0.39, 0.29) is 11.5 Å². The van der Waals surface area contributed by atoms with Gasteiger partial charge >= 0.3 is 6.09 Å². The number of aryl methyl sites for hydroxylation is 1. The van der Waals surface area contributed by atoms with Crippen LogP contribution in [0.1, 0.15) is 25.5 Å². The Balaban J connectivity index is 2.69. The van der Waals surface area contributed by atoms with Crippen molar-refractivity contribution >= 4 is 6.09 Å². The highest BCUT2D eigenvalue weighted by molar-refractivity contribution is 5.71. The van der Waals surface area contributed by atoms with Crippen LogP contribution < -0.4 is 15.6 Å². The molecule has 1 heterocycles. The van der Waals surface area contributed by atoms with Crippen molar-refractivity contribution in [2.75, 3.05) is 6.54 Å². The number of hydrogen-bond donors (Lipinski definition) is 3. The molecule has 0 aliphatic carbocycles. The zero-order valence-electron chi connectivity index (χ0n) is 9.87. The Hall–Kier alpha value is -1.98. The molecule has 0 radical (unpaired) electrons. The first-order chi connectivity index (χ1) is 8.04. The molecule has 17 heavy (non-hydrogen) atoms. The molecule has 0 saturated carbocycles. The molecule has 0 spiro atoms. The second-order valence-corrected chi connectivity index (χ2v) is 3.67. The Bertz CT molecular complexity index is 453. The predicted molar refractivity (Wildman–Crippen MR) is 62.4 cm³/mol. The minimum Gasteiger partial charge on any atom is -0.504 e. The normalized spacial score (nSPS) is 10.0. The quantitative estimate of drug-likeness (QED) is 0.691. The SMILES string of the molecule is CCCCNC(=O)Oc1c(O)cc(C)[nH]c1=O. The zero-order chi connectivity index (χ0) is 12.8. The van der Waals surface area contributed by atoms with Crippen molar-refractivity contribution < 1.29 is 14.6 Å². The van der Waals surface area contributed by atoms with Gasteiger partial charge in [-0.2, -0.15) is 0 Å². The van der Waals surface area contributed by atoms with E-state index in [1.807, 2.05) is 6.92 Å². The molecule has 0 saturated heterocycles. The maximum absolute atomic E-state index is 11.4. The smallest absolute Gasteiger partial charge is 0.412 e. The van der Waals surface area contributed by atoms with Gasteiger partial charge in [-0.3, -0.25) is 4.79 Å². The number of carbonyl (C=O) groups is 1. The summed E-state index contributed by atoms with van der Waals surface area (Å²) in [6.45, 7) is 4.08. The molecule has 1 rings (SSSR count). The fourth-order valence-corrected chi connectivity index (χ4v) is 1.25. The lowest BCUT2D eigenvalue weighted by molar-refractivity contribution is 0.197. The van der Waals surface area contributed by atoms with Gasteiger partial charge in [0.15, 0.2) is 5.75 Å². The fraction of sp³-hybridized carbons (Fsp3) is 0.455. The third kappa shape index (κ3) is 3.82. The van der Waals surface area contributed by atoms with Crippen LogP contribution in [0, 0.1) is 6.92 Å². The Kier molecular flexibility index (Phi) is 4.56. The van der Waals surface area contributed by atoms with Gasteiger partial charge in [-0.15, -0.1) is 0 Å². The molecule has 0 fully saturated rings. The van der Waals surface area contributed by atoms with E-state index >= 15 is 0 Å². The van der Waals surface area contributed by atoms with E-state index in [1.54, 1.807) is 6.92 Å². The largest absolute Gasteiger partial charge is 0.504 e. The topological polar surface area (TPSA) is 91.4 Å². The molecule has 1 aromatic rings. The minimum absolute atomic E-state index is 0.350. The second kappa shape index (κ2) is 5.93. The number of H-pyrrole nitrogens is 1. The molecule has 0 aliphatic rings. The third-order valence-corrected chi connectivity index (χ3v) is 2.10.